The van der Waals surface area contributed by atoms with Crippen molar-refractivity contribution >= 4 is 28.9 Å². The van der Waals surface area contributed by atoms with Gasteiger partial charge in [0.2, 0.25) is 0 Å². The van der Waals surface area contributed by atoms with Gasteiger partial charge in [-0.2, -0.15) is 5.10 Å². The number of rotatable bonds is 3. The average molecular weight is 340 g/mol. The Kier molecular flexibility index (Phi) is 4.66. The zero-order valence-corrected chi connectivity index (χ0v) is 13.3. The SMILES string of the molecule is O=c1c(Cl)c(N2CCOCC2)cnn1Cc1ccccc1Cl. The molecule has 7 heteroatoms. The molecule has 116 valence electrons. The summed E-state index contributed by atoms with van der Waals surface area (Å²) in [7, 11) is 0. The molecule has 0 amide bonds. The van der Waals surface area contributed by atoms with E-state index in [0.717, 1.165) is 5.56 Å². The van der Waals surface area contributed by atoms with E-state index in [4.69, 9.17) is 27.9 Å². The summed E-state index contributed by atoms with van der Waals surface area (Å²) in [5.74, 6) is 0. The van der Waals surface area contributed by atoms with Crippen molar-refractivity contribution < 1.29 is 4.74 Å². The molecular weight excluding hydrogens is 325 g/mol. The zero-order chi connectivity index (χ0) is 15.5. The number of benzene rings is 1. The van der Waals surface area contributed by atoms with E-state index >= 15 is 0 Å². The lowest BCUT2D eigenvalue weighted by atomic mass is 10.2. The average Bonchev–Trinajstić information content (AvgIpc) is 2.55. The molecule has 1 fully saturated rings. The maximum Gasteiger partial charge on any atom is 0.287 e. The number of aromatic nitrogens is 2. The van der Waals surface area contributed by atoms with Crippen molar-refractivity contribution in [3.05, 3.63) is 56.4 Å². The Morgan fingerprint density at radius 3 is 2.64 bits per heavy atom. The molecule has 5 nitrogen and oxygen atoms in total. The van der Waals surface area contributed by atoms with Gasteiger partial charge in [-0.3, -0.25) is 4.79 Å². The highest BCUT2D eigenvalue weighted by atomic mass is 35.5. The second kappa shape index (κ2) is 6.69. The Balaban J connectivity index is 1.90. The van der Waals surface area contributed by atoms with E-state index in [1.54, 1.807) is 12.3 Å². The van der Waals surface area contributed by atoms with Crippen molar-refractivity contribution in [2.24, 2.45) is 0 Å². The Bertz CT molecular complexity index is 727. The third kappa shape index (κ3) is 3.11. The van der Waals surface area contributed by atoms with Gasteiger partial charge in [-0.25, -0.2) is 4.68 Å². The van der Waals surface area contributed by atoms with Crippen LogP contribution >= 0.6 is 23.2 Å². The minimum atomic E-state index is -0.314. The van der Waals surface area contributed by atoms with Gasteiger partial charge in [0.1, 0.15) is 5.02 Å². The third-order valence-electron chi connectivity index (χ3n) is 3.60. The van der Waals surface area contributed by atoms with Gasteiger partial charge in [-0.05, 0) is 11.6 Å². The number of nitrogens with zero attached hydrogens (tertiary/aromatic N) is 3. The summed E-state index contributed by atoms with van der Waals surface area (Å²) in [5.41, 5.74) is 1.17. The quantitative estimate of drug-likeness (QED) is 0.861. The van der Waals surface area contributed by atoms with Crippen LogP contribution in [0, 0.1) is 0 Å². The van der Waals surface area contributed by atoms with E-state index in [1.165, 1.54) is 4.68 Å². The van der Waals surface area contributed by atoms with Gasteiger partial charge in [-0.1, -0.05) is 41.4 Å². The molecule has 0 saturated carbocycles. The number of hydrogen-bond acceptors (Lipinski definition) is 4. The van der Waals surface area contributed by atoms with Crippen molar-refractivity contribution in [1.29, 1.82) is 0 Å². The number of anilines is 1. The van der Waals surface area contributed by atoms with Gasteiger partial charge in [0, 0.05) is 18.1 Å². The van der Waals surface area contributed by atoms with Crippen LogP contribution in [0.4, 0.5) is 5.69 Å². The molecule has 2 aromatic rings. The molecule has 2 heterocycles. The summed E-state index contributed by atoms with van der Waals surface area (Å²) in [4.78, 5) is 14.4. The maximum atomic E-state index is 12.4. The van der Waals surface area contributed by atoms with Crippen molar-refractivity contribution in [2.75, 3.05) is 31.2 Å². The van der Waals surface area contributed by atoms with Crippen LogP contribution in [0.15, 0.2) is 35.3 Å². The Hall–Kier alpha value is -1.56. The van der Waals surface area contributed by atoms with Crippen molar-refractivity contribution in [1.82, 2.24) is 9.78 Å². The lowest BCUT2D eigenvalue weighted by Crippen LogP contribution is -2.38. The highest BCUT2D eigenvalue weighted by Crippen LogP contribution is 2.22. The number of hydrogen-bond donors (Lipinski definition) is 0. The van der Waals surface area contributed by atoms with E-state index < -0.39 is 0 Å². The highest BCUT2D eigenvalue weighted by Gasteiger charge is 2.18. The fraction of sp³-hybridized carbons (Fsp3) is 0.333. The molecule has 1 saturated heterocycles. The number of morpholine rings is 1. The van der Waals surface area contributed by atoms with Crippen LogP contribution in [-0.4, -0.2) is 36.1 Å². The molecule has 0 radical (unpaired) electrons. The summed E-state index contributed by atoms with van der Waals surface area (Å²) in [6.07, 6.45) is 1.63. The third-order valence-corrected chi connectivity index (χ3v) is 4.32. The topological polar surface area (TPSA) is 47.4 Å². The van der Waals surface area contributed by atoms with E-state index in [2.05, 4.69) is 5.10 Å². The predicted molar refractivity (Wildman–Crippen MR) is 87.1 cm³/mol. The van der Waals surface area contributed by atoms with Gasteiger partial charge in [0.05, 0.1) is 31.6 Å². The normalized spacial score (nSPS) is 15.1. The highest BCUT2D eigenvalue weighted by molar-refractivity contribution is 6.33. The first kappa shape index (κ1) is 15.3. The standard InChI is InChI=1S/C15H15Cl2N3O2/c16-12-4-2-1-3-11(12)10-20-15(21)14(17)13(9-18-20)19-5-7-22-8-6-19/h1-4,9H,5-8,10H2. The molecule has 1 aliphatic heterocycles. The molecule has 0 bridgehead atoms. The van der Waals surface area contributed by atoms with Crippen LogP contribution in [0.25, 0.3) is 0 Å². The molecule has 0 aliphatic carbocycles. The smallest absolute Gasteiger partial charge is 0.287 e. The Morgan fingerprint density at radius 1 is 1.18 bits per heavy atom. The second-order valence-corrected chi connectivity index (χ2v) is 5.78. The molecule has 1 aliphatic rings. The summed E-state index contributed by atoms with van der Waals surface area (Å²) in [6.45, 7) is 2.95. The number of halogens is 2. The van der Waals surface area contributed by atoms with Gasteiger partial charge in [0.25, 0.3) is 5.56 Å². The molecule has 0 spiro atoms. The van der Waals surface area contributed by atoms with Crippen LogP contribution in [0.5, 0.6) is 0 Å². The van der Waals surface area contributed by atoms with Crippen molar-refractivity contribution in [2.45, 2.75) is 6.54 Å². The molecule has 0 atom stereocenters. The zero-order valence-electron chi connectivity index (χ0n) is 11.8. The number of ether oxygens (including phenoxy) is 1. The lowest BCUT2D eigenvalue weighted by Gasteiger charge is -2.29. The molecule has 0 N–H and O–H groups in total. The summed E-state index contributed by atoms with van der Waals surface area (Å²) in [6, 6.07) is 7.36. The first-order valence-corrected chi connectivity index (χ1v) is 7.74. The van der Waals surface area contributed by atoms with Crippen LogP contribution in [0.3, 0.4) is 0 Å². The van der Waals surface area contributed by atoms with Crippen LogP contribution in [-0.2, 0) is 11.3 Å². The van der Waals surface area contributed by atoms with Crippen LogP contribution < -0.4 is 10.5 Å². The summed E-state index contributed by atoms with van der Waals surface area (Å²) < 4.78 is 6.63. The fourth-order valence-corrected chi connectivity index (χ4v) is 2.84. The van der Waals surface area contributed by atoms with Crippen molar-refractivity contribution in [3.63, 3.8) is 0 Å². The van der Waals surface area contributed by atoms with E-state index in [9.17, 15) is 4.79 Å². The van der Waals surface area contributed by atoms with E-state index in [1.807, 2.05) is 23.1 Å². The summed E-state index contributed by atoms with van der Waals surface area (Å²) in [5, 5.41) is 5.01. The van der Waals surface area contributed by atoms with Crippen molar-refractivity contribution in [3.8, 4) is 0 Å². The van der Waals surface area contributed by atoms with Crippen LogP contribution in [0.2, 0.25) is 10.0 Å². The fourth-order valence-electron chi connectivity index (χ4n) is 2.38. The molecule has 1 aromatic heterocycles. The van der Waals surface area contributed by atoms with E-state index in [0.29, 0.717) is 43.6 Å². The van der Waals surface area contributed by atoms with Gasteiger partial charge < -0.3 is 9.64 Å². The van der Waals surface area contributed by atoms with E-state index in [-0.39, 0.29) is 10.6 Å². The molecule has 22 heavy (non-hydrogen) atoms. The molecular formula is C15H15Cl2N3O2. The minimum absolute atomic E-state index is 0.184. The molecule has 1 aromatic carbocycles. The molecule has 0 unspecified atom stereocenters. The second-order valence-electron chi connectivity index (χ2n) is 5.00. The monoisotopic (exact) mass is 339 g/mol. The van der Waals surface area contributed by atoms with Crippen LogP contribution in [0.1, 0.15) is 5.56 Å². The lowest BCUT2D eigenvalue weighted by molar-refractivity contribution is 0.122. The van der Waals surface area contributed by atoms with Gasteiger partial charge in [0.15, 0.2) is 0 Å². The first-order valence-electron chi connectivity index (χ1n) is 6.98. The Morgan fingerprint density at radius 2 is 1.91 bits per heavy atom. The largest absolute Gasteiger partial charge is 0.378 e. The van der Waals surface area contributed by atoms with Gasteiger partial charge >= 0.3 is 0 Å². The minimum Gasteiger partial charge on any atom is -0.378 e. The Labute approximate surface area is 138 Å². The predicted octanol–water partition coefficient (Wildman–Crippen LogP) is 2.44. The molecule has 3 rings (SSSR count). The first-order chi connectivity index (χ1) is 10.7. The maximum absolute atomic E-state index is 12.4. The van der Waals surface area contributed by atoms with Gasteiger partial charge in [-0.15, -0.1) is 0 Å². The summed E-state index contributed by atoms with van der Waals surface area (Å²) >= 11 is 12.4.